The molecule has 4 rings (SSSR count). The highest BCUT2D eigenvalue weighted by molar-refractivity contribution is 6.30. The number of benzene rings is 2. The molecule has 1 aromatic heterocycles. The van der Waals surface area contributed by atoms with Gasteiger partial charge in [0, 0.05) is 16.1 Å². The monoisotopic (exact) mass is 412 g/mol. The number of hydrogen-bond acceptors (Lipinski definition) is 3. The van der Waals surface area contributed by atoms with Crippen LogP contribution in [0, 0.1) is 0 Å². The van der Waals surface area contributed by atoms with Gasteiger partial charge in [0.2, 0.25) is 5.82 Å². The van der Waals surface area contributed by atoms with Crippen molar-refractivity contribution in [1.29, 1.82) is 0 Å². The summed E-state index contributed by atoms with van der Waals surface area (Å²) in [6, 6.07) is 19.3. The van der Waals surface area contributed by atoms with Gasteiger partial charge in [-0.05, 0) is 36.4 Å². The second kappa shape index (κ2) is 9.03. The maximum absolute atomic E-state index is 6.15. The van der Waals surface area contributed by atoms with Crippen molar-refractivity contribution in [2.75, 3.05) is 26.2 Å². The molecule has 2 heterocycles. The summed E-state index contributed by atoms with van der Waals surface area (Å²) in [4.78, 5) is 3.15. The van der Waals surface area contributed by atoms with Crippen LogP contribution >= 0.6 is 11.6 Å². The van der Waals surface area contributed by atoms with Gasteiger partial charge in [-0.25, -0.2) is 4.68 Å². The zero-order chi connectivity index (χ0) is 20.2. The SMILES string of the molecule is CC(C)n1nnnc1[C@H](c1ccc(Cl)cc1)[NH+]1CC[NH+](Cc2ccccc2)CC1. The summed E-state index contributed by atoms with van der Waals surface area (Å²) in [5, 5.41) is 13.4. The smallest absolute Gasteiger partial charge is 0.214 e. The number of hydrogen-bond donors (Lipinski definition) is 2. The predicted molar refractivity (Wildman–Crippen MR) is 113 cm³/mol. The first-order chi connectivity index (χ1) is 14.1. The topological polar surface area (TPSA) is 52.5 Å². The average Bonchev–Trinajstić information content (AvgIpc) is 3.21. The van der Waals surface area contributed by atoms with Crippen LogP contribution in [0.4, 0.5) is 0 Å². The molecule has 1 aliphatic heterocycles. The molecule has 0 spiro atoms. The van der Waals surface area contributed by atoms with Gasteiger partial charge in [-0.1, -0.05) is 54.1 Å². The Bertz CT molecular complexity index is 901. The Hall–Kier alpha value is -2.28. The Labute approximate surface area is 177 Å². The van der Waals surface area contributed by atoms with Crippen molar-refractivity contribution < 1.29 is 9.80 Å². The van der Waals surface area contributed by atoms with Gasteiger partial charge in [0.1, 0.15) is 32.7 Å². The zero-order valence-electron chi connectivity index (χ0n) is 17.1. The molecule has 1 fully saturated rings. The zero-order valence-corrected chi connectivity index (χ0v) is 17.8. The van der Waals surface area contributed by atoms with Crippen LogP contribution in [0.3, 0.4) is 0 Å². The molecule has 6 nitrogen and oxygen atoms in total. The maximum Gasteiger partial charge on any atom is 0.214 e. The van der Waals surface area contributed by atoms with Crippen molar-refractivity contribution in [2.24, 2.45) is 0 Å². The van der Waals surface area contributed by atoms with E-state index in [-0.39, 0.29) is 12.1 Å². The number of piperazine rings is 1. The van der Waals surface area contributed by atoms with E-state index in [4.69, 9.17) is 11.6 Å². The van der Waals surface area contributed by atoms with E-state index in [1.165, 1.54) is 16.0 Å². The Balaban J connectivity index is 1.54. The Morgan fingerprint density at radius 2 is 1.66 bits per heavy atom. The highest BCUT2D eigenvalue weighted by atomic mass is 35.5. The van der Waals surface area contributed by atoms with Crippen LogP contribution in [-0.4, -0.2) is 46.4 Å². The average molecular weight is 413 g/mol. The summed E-state index contributed by atoms with van der Waals surface area (Å²) in [5.74, 6) is 0.934. The van der Waals surface area contributed by atoms with E-state index in [1.54, 1.807) is 4.90 Å². The molecule has 2 aromatic carbocycles. The first kappa shape index (κ1) is 20.0. The van der Waals surface area contributed by atoms with Crippen molar-refractivity contribution in [2.45, 2.75) is 32.5 Å². The van der Waals surface area contributed by atoms with Crippen LogP contribution in [0.1, 0.15) is 42.9 Å². The van der Waals surface area contributed by atoms with Gasteiger partial charge in [0.25, 0.3) is 0 Å². The lowest BCUT2D eigenvalue weighted by Gasteiger charge is -2.34. The molecule has 3 aromatic rings. The van der Waals surface area contributed by atoms with E-state index in [0.717, 1.165) is 43.6 Å². The van der Waals surface area contributed by atoms with E-state index >= 15 is 0 Å². The Morgan fingerprint density at radius 1 is 0.966 bits per heavy atom. The normalized spacial score (nSPS) is 20.7. The van der Waals surface area contributed by atoms with Gasteiger partial charge in [0.15, 0.2) is 6.04 Å². The second-order valence-electron chi connectivity index (χ2n) is 8.13. The predicted octanol–water partition coefficient (Wildman–Crippen LogP) is 0.980. The van der Waals surface area contributed by atoms with Crippen molar-refractivity contribution in [3.8, 4) is 0 Å². The summed E-state index contributed by atoms with van der Waals surface area (Å²) in [5.41, 5.74) is 2.62. The molecule has 0 saturated carbocycles. The number of nitrogens with one attached hydrogen (secondary N) is 2. The Kier molecular flexibility index (Phi) is 6.23. The maximum atomic E-state index is 6.15. The molecule has 1 atom stereocenters. The minimum atomic E-state index is 0.114. The van der Waals surface area contributed by atoms with E-state index < -0.39 is 0 Å². The third-order valence-electron chi connectivity index (χ3n) is 5.77. The number of rotatable bonds is 6. The van der Waals surface area contributed by atoms with Gasteiger partial charge < -0.3 is 9.80 Å². The van der Waals surface area contributed by atoms with Crippen molar-refractivity contribution in [3.63, 3.8) is 0 Å². The summed E-state index contributed by atoms with van der Waals surface area (Å²) in [6.07, 6.45) is 0. The number of tetrazole rings is 1. The second-order valence-corrected chi connectivity index (χ2v) is 8.57. The van der Waals surface area contributed by atoms with Crippen LogP contribution in [0.2, 0.25) is 5.02 Å². The highest BCUT2D eigenvalue weighted by Crippen LogP contribution is 2.21. The minimum absolute atomic E-state index is 0.114. The first-order valence-electron chi connectivity index (χ1n) is 10.4. The molecule has 7 heteroatoms. The molecule has 0 bridgehead atoms. The van der Waals surface area contributed by atoms with Gasteiger partial charge in [-0.15, -0.1) is 5.10 Å². The number of quaternary nitrogens is 2. The lowest BCUT2D eigenvalue weighted by atomic mass is 10.0. The number of aromatic nitrogens is 4. The van der Waals surface area contributed by atoms with Gasteiger partial charge >= 0.3 is 0 Å². The molecular weight excluding hydrogens is 384 g/mol. The summed E-state index contributed by atoms with van der Waals surface area (Å²) < 4.78 is 1.95. The highest BCUT2D eigenvalue weighted by Gasteiger charge is 2.35. The fourth-order valence-electron chi connectivity index (χ4n) is 4.26. The van der Waals surface area contributed by atoms with Gasteiger partial charge in [-0.2, -0.15) is 0 Å². The lowest BCUT2D eigenvalue weighted by molar-refractivity contribution is -1.03. The first-order valence-corrected chi connectivity index (χ1v) is 10.7. The quantitative estimate of drug-likeness (QED) is 0.634. The van der Waals surface area contributed by atoms with Crippen molar-refractivity contribution >= 4 is 11.6 Å². The molecule has 0 radical (unpaired) electrons. The molecule has 152 valence electrons. The van der Waals surface area contributed by atoms with E-state index in [0.29, 0.717) is 0 Å². The Morgan fingerprint density at radius 3 is 2.31 bits per heavy atom. The molecule has 2 N–H and O–H groups in total. The molecule has 29 heavy (non-hydrogen) atoms. The molecule has 0 amide bonds. The lowest BCUT2D eigenvalue weighted by Crippen LogP contribution is -3.27. The largest absolute Gasteiger partial charge is 0.322 e. The molecule has 0 unspecified atom stereocenters. The fourth-order valence-corrected chi connectivity index (χ4v) is 4.38. The van der Waals surface area contributed by atoms with Gasteiger partial charge in [0.05, 0.1) is 6.04 Å². The molecule has 1 aliphatic rings. The number of halogens is 1. The number of nitrogens with zero attached hydrogens (tertiary/aromatic N) is 4. The van der Waals surface area contributed by atoms with E-state index in [1.807, 2.05) is 16.8 Å². The van der Waals surface area contributed by atoms with Crippen molar-refractivity contribution in [1.82, 2.24) is 20.2 Å². The van der Waals surface area contributed by atoms with Crippen LogP contribution in [0.5, 0.6) is 0 Å². The third-order valence-corrected chi connectivity index (χ3v) is 6.03. The third kappa shape index (κ3) is 4.66. The van der Waals surface area contributed by atoms with Crippen LogP contribution in [0.25, 0.3) is 0 Å². The molecule has 1 saturated heterocycles. The summed E-state index contributed by atoms with van der Waals surface area (Å²) >= 11 is 6.15. The van der Waals surface area contributed by atoms with Crippen LogP contribution in [0.15, 0.2) is 54.6 Å². The van der Waals surface area contributed by atoms with E-state index in [2.05, 4.69) is 71.8 Å². The minimum Gasteiger partial charge on any atom is -0.322 e. The molecule has 0 aliphatic carbocycles. The molecular formula is C22H29ClN6+2. The van der Waals surface area contributed by atoms with Crippen LogP contribution in [-0.2, 0) is 6.54 Å². The fraction of sp³-hybridized carbons (Fsp3) is 0.409. The van der Waals surface area contributed by atoms with Gasteiger partial charge in [-0.3, -0.25) is 0 Å². The summed E-state index contributed by atoms with van der Waals surface area (Å²) in [7, 11) is 0. The summed E-state index contributed by atoms with van der Waals surface area (Å²) in [6.45, 7) is 9.77. The van der Waals surface area contributed by atoms with Crippen molar-refractivity contribution in [3.05, 3.63) is 76.6 Å². The van der Waals surface area contributed by atoms with E-state index in [9.17, 15) is 0 Å². The standard InChI is InChI=1S/C22H27ClN6/c1-17(2)29-22(24-25-26-29)21(19-8-10-20(23)11-9-19)28-14-12-27(13-15-28)16-18-6-4-3-5-7-18/h3-11,17,21H,12-16H2,1-2H3/p+2/t21-/m0/s1. The van der Waals surface area contributed by atoms with Crippen LogP contribution < -0.4 is 9.80 Å².